The van der Waals surface area contributed by atoms with Gasteiger partial charge in [0, 0.05) is 21.7 Å². The number of fused-ring (bicyclic) bond motifs is 5. The van der Waals surface area contributed by atoms with Crippen LogP contribution in [-0.4, -0.2) is 20.4 Å². The molecule has 0 aromatic heterocycles. The molecule has 0 heterocycles. The molecule has 4 fully saturated rings. The molecule has 0 amide bonds. The van der Waals surface area contributed by atoms with E-state index < -0.39 is 0 Å². The summed E-state index contributed by atoms with van der Waals surface area (Å²) in [7, 11) is 0. The van der Waals surface area contributed by atoms with Crippen molar-refractivity contribution in [2.24, 2.45) is 23.7 Å². The highest BCUT2D eigenvalue weighted by Crippen LogP contribution is 2.66. The number of phenolic OH excluding ortho intramolecular Hbond substituents is 4. The molecule has 1 spiro atoms. The van der Waals surface area contributed by atoms with Crippen LogP contribution in [0.4, 0.5) is 0 Å². The van der Waals surface area contributed by atoms with Gasteiger partial charge in [-0.3, -0.25) is 0 Å². The van der Waals surface area contributed by atoms with Crippen LogP contribution in [0.15, 0.2) is 237 Å². The third kappa shape index (κ3) is 11.2. The normalized spacial score (nSPS) is 24.6. The molecule has 10 aromatic carbocycles. The van der Waals surface area contributed by atoms with Gasteiger partial charge in [0.15, 0.2) is 0 Å². The van der Waals surface area contributed by atoms with Crippen LogP contribution in [0.3, 0.4) is 0 Å². The van der Waals surface area contributed by atoms with E-state index in [-0.39, 0.29) is 37.9 Å². The molecule has 4 saturated carbocycles. The topological polar surface area (TPSA) is 80.9 Å². The highest BCUT2D eigenvalue weighted by molar-refractivity contribution is 5.63. The lowest BCUT2D eigenvalue weighted by Crippen LogP contribution is -2.56. The third-order valence-electron chi connectivity index (χ3n) is 23.6. The van der Waals surface area contributed by atoms with Gasteiger partial charge in [-0.15, -0.1) is 0 Å². The summed E-state index contributed by atoms with van der Waals surface area (Å²) in [6, 6.07) is 82.6. The Hall–Kier alpha value is -8.60. The van der Waals surface area contributed by atoms with Crippen LogP contribution in [0.5, 0.6) is 23.0 Å². The van der Waals surface area contributed by atoms with Gasteiger partial charge < -0.3 is 20.4 Å². The maximum Gasteiger partial charge on any atom is 0.115 e. The van der Waals surface area contributed by atoms with Gasteiger partial charge in [-0.25, -0.2) is 0 Å². The van der Waals surface area contributed by atoms with Crippen molar-refractivity contribution in [3.63, 3.8) is 0 Å². The molecule has 3 atom stereocenters. The quantitative estimate of drug-likeness (QED) is 0.120. The molecule has 10 aromatic rings. The highest BCUT2D eigenvalue weighted by Gasteiger charge is 2.59. The Labute approximate surface area is 560 Å². The minimum Gasteiger partial charge on any atom is -0.508 e. The van der Waals surface area contributed by atoms with Crippen molar-refractivity contribution in [2.75, 3.05) is 0 Å². The molecule has 17 rings (SSSR count). The summed E-state index contributed by atoms with van der Waals surface area (Å²) in [5.41, 5.74) is 23.1. The van der Waals surface area contributed by atoms with Crippen molar-refractivity contribution >= 4 is 0 Å². The van der Waals surface area contributed by atoms with Crippen LogP contribution in [-0.2, 0) is 37.9 Å². The number of aromatic hydroxyl groups is 4. The molecule has 0 radical (unpaired) electrons. The molecule has 0 aliphatic heterocycles. The molecular formula is C90H96O4. The van der Waals surface area contributed by atoms with Gasteiger partial charge in [-0.2, -0.15) is 0 Å². The van der Waals surface area contributed by atoms with E-state index >= 15 is 0 Å². The van der Waals surface area contributed by atoms with E-state index in [9.17, 15) is 20.4 Å². The third-order valence-corrected chi connectivity index (χ3v) is 23.6. The maximum absolute atomic E-state index is 10.1. The summed E-state index contributed by atoms with van der Waals surface area (Å²) in [4.78, 5) is 0. The second-order valence-electron chi connectivity index (χ2n) is 31.4. The first kappa shape index (κ1) is 64.1. The van der Waals surface area contributed by atoms with Crippen molar-refractivity contribution in [1.29, 1.82) is 0 Å². The lowest BCUT2D eigenvalue weighted by atomic mass is 9.42. The average Bonchev–Trinajstić information content (AvgIpc) is 0.980. The molecule has 7 aliphatic carbocycles. The smallest absolute Gasteiger partial charge is 0.115 e. The first-order valence-corrected chi connectivity index (χ1v) is 34.6. The molecule has 0 saturated heterocycles. The summed E-state index contributed by atoms with van der Waals surface area (Å²) >= 11 is 0. The minimum atomic E-state index is -0.247. The van der Waals surface area contributed by atoms with E-state index in [1.54, 1.807) is 24.3 Å². The molecule has 94 heavy (non-hydrogen) atoms. The Morgan fingerprint density at radius 3 is 1.15 bits per heavy atom. The fourth-order valence-electron chi connectivity index (χ4n) is 19.6. The van der Waals surface area contributed by atoms with Gasteiger partial charge in [0.05, 0.1) is 0 Å². The lowest BCUT2D eigenvalue weighted by molar-refractivity contribution is -0.0418. The Kier molecular flexibility index (Phi) is 16.6. The largest absolute Gasteiger partial charge is 0.508 e. The van der Waals surface area contributed by atoms with Crippen LogP contribution >= 0.6 is 0 Å². The minimum absolute atomic E-state index is 0.0441. The van der Waals surface area contributed by atoms with Crippen molar-refractivity contribution in [2.45, 2.75) is 165 Å². The molecule has 4 bridgehead atoms. The van der Waals surface area contributed by atoms with Crippen molar-refractivity contribution in [3.05, 3.63) is 331 Å². The summed E-state index contributed by atoms with van der Waals surface area (Å²) in [5.74, 6) is 4.83. The Bertz CT molecular complexity index is 4090. The number of hydrogen-bond acceptors (Lipinski definition) is 4. The van der Waals surface area contributed by atoms with Crippen LogP contribution in [0.2, 0.25) is 0 Å². The molecule has 7 aliphatic rings. The van der Waals surface area contributed by atoms with Crippen LogP contribution < -0.4 is 0 Å². The second kappa shape index (κ2) is 24.3. The monoisotopic (exact) mass is 1240 g/mol. The predicted molar refractivity (Wildman–Crippen MR) is 387 cm³/mol. The zero-order valence-electron chi connectivity index (χ0n) is 57.3. The number of phenols is 4. The van der Waals surface area contributed by atoms with Gasteiger partial charge in [-0.05, 0) is 247 Å². The number of hydrogen-bond donors (Lipinski definition) is 4. The zero-order valence-corrected chi connectivity index (χ0v) is 57.3. The maximum atomic E-state index is 10.1. The van der Waals surface area contributed by atoms with Crippen molar-refractivity contribution in [3.8, 4) is 23.0 Å². The van der Waals surface area contributed by atoms with Crippen LogP contribution in [0, 0.1) is 51.4 Å². The van der Waals surface area contributed by atoms with E-state index in [4.69, 9.17) is 0 Å². The molecule has 4 N–H and O–H groups in total. The fourth-order valence-corrected chi connectivity index (χ4v) is 19.6. The van der Waals surface area contributed by atoms with Crippen LogP contribution in [0.25, 0.3) is 0 Å². The number of rotatable bonds is 7. The van der Waals surface area contributed by atoms with E-state index in [1.165, 1.54) is 127 Å². The Balaban J connectivity index is 0.000000114. The first-order chi connectivity index (χ1) is 44.8. The van der Waals surface area contributed by atoms with E-state index in [2.05, 4.69) is 246 Å². The number of benzene rings is 10. The average molecular weight is 1240 g/mol. The van der Waals surface area contributed by atoms with Gasteiger partial charge in [-0.1, -0.05) is 252 Å². The second-order valence-corrected chi connectivity index (χ2v) is 31.4. The zero-order chi connectivity index (χ0) is 66.2. The predicted octanol–water partition coefficient (Wildman–Crippen LogP) is 21.6. The van der Waals surface area contributed by atoms with E-state index in [0.717, 1.165) is 42.9 Å². The Morgan fingerprint density at radius 2 is 0.649 bits per heavy atom. The highest BCUT2D eigenvalue weighted by atomic mass is 16.3. The fraction of sp³-hybridized carbons (Fsp3) is 0.333. The van der Waals surface area contributed by atoms with Crippen molar-refractivity contribution < 1.29 is 20.4 Å². The summed E-state index contributed by atoms with van der Waals surface area (Å²) in [5, 5.41) is 39.3. The lowest BCUT2D eigenvalue weighted by Gasteiger charge is -2.62. The summed E-state index contributed by atoms with van der Waals surface area (Å²) < 4.78 is 0. The van der Waals surface area contributed by atoms with Crippen molar-refractivity contribution in [1.82, 2.24) is 0 Å². The summed E-state index contributed by atoms with van der Waals surface area (Å²) in [6.45, 7) is 24.9. The molecular weight excluding hydrogens is 1140 g/mol. The molecule has 3 unspecified atom stereocenters. The molecule has 480 valence electrons. The van der Waals surface area contributed by atoms with E-state index in [0.29, 0.717) is 23.0 Å². The summed E-state index contributed by atoms with van der Waals surface area (Å²) in [6.07, 6.45) is 10.3. The molecule has 4 heteroatoms. The van der Waals surface area contributed by atoms with Gasteiger partial charge in [0.25, 0.3) is 0 Å². The van der Waals surface area contributed by atoms with Crippen LogP contribution in [0.1, 0.15) is 194 Å². The van der Waals surface area contributed by atoms with Gasteiger partial charge >= 0.3 is 0 Å². The standard InChI is InChI=1S/C24H24O.C23H26O.C22H26O.C21H20O/c1-17-8-10-18(11-9-17)24(19-12-14-20(25)15-13-19)16-23(2,3)21-6-4-5-7-22(21)24;1-15-2-4-18(5-3-15)23(19-6-8-22(24)9-7-19)20-11-16-10-17(13-20)14-21(23)12-16;1-14-6-8-16-18(10-14)22(12-20(16,2)3)13-21(4,5)17-9-7-15(23)11-19(17)22;1-16-8-10-18(11-9-16)21(2,17-6-4-3-5-7-17)19-12-14-20(22)15-13-19/h4-15,25H,16H2,1-3H3;2-9,16-17,20-21,24H,10-14H2,1H3;6-11,23H,12-13H2,1-5H3;3-15,22H,1-2H3. The van der Waals surface area contributed by atoms with Gasteiger partial charge in [0.2, 0.25) is 0 Å². The van der Waals surface area contributed by atoms with Gasteiger partial charge in [0.1, 0.15) is 23.0 Å². The SMILES string of the molecule is Cc1ccc(C(C)(c2ccccc2)c2ccc(O)cc2)cc1.Cc1ccc(C2(c3ccc(O)cc3)C3CC4CC(C3)CC2C4)cc1.Cc1ccc(C2(c3ccc(O)cc3)CC(C)(C)c3ccccc32)cc1.Cc1ccc2c(c1)C1(CC2(C)C)CC(C)(C)c2ccc(O)cc21. The first-order valence-electron chi connectivity index (χ1n) is 34.6. The van der Waals surface area contributed by atoms with E-state index in [1.807, 2.05) is 42.5 Å². The number of aryl methyl sites for hydroxylation is 4. The molecule has 4 nitrogen and oxygen atoms in total. The Morgan fingerprint density at radius 1 is 0.309 bits per heavy atom.